The molecule has 0 aliphatic carbocycles. The van der Waals surface area contributed by atoms with Crippen LogP contribution in [-0.4, -0.2) is 24.1 Å². The Bertz CT molecular complexity index is 881. The lowest BCUT2D eigenvalue weighted by Gasteiger charge is -2.10. The van der Waals surface area contributed by atoms with Crippen LogP contribution >= 0.6 is 22.9 Å². The molecule has 2 aromatic carbocycles. The van der Waals surface area contributed by atoms with Gasteiger partial charge in [0.1, 0.15) is 0 Å². The number of halogens is 1. The maximum absolute atomic E-state index is 12.1. The molecule has 0 spiro atoms. The van der Waals surface area contributed by atoms with Crippen LogP contribution in [0, 0.1) is 0 Å². The van der Waals surface area contributed by atoms with Gasteiger partial charge in [-0.3, -0.25) is 10.1 Å². The maximum atomic E-state index is 12.1. The average Bonchev–Trinajstić information content (AvgIpc) is 3.10. The highest BCUT2D eigenvalue weighted by atomic mass is 35.5. The van der Waals surface area contributed by atoms with Gasteiger partial charge in [-0.2, -0.15) is 0 Å². The van der Waals surface area contributed by atoms with E-state index in [-0.39, 0.29) is 12.5 Å². The first-order valence-electron chi connectivity index (χ1n) is 8.01. The number of ether oxygens (including phenoxy) is 2. The van der Waals surface area contributed by atoms with Crippen LogP contribution in [0.2, 0.25) is 5.02 Å². The molecule has 3 rings (SSSR count). The molecule has 1 aromatic heterocycles. The van der Waals surface area contributed by atoms with Crippen molar-refractivity contribution in [3.63, 3.8) is 0 Å². The third-order valence-electron chi connectivity index (χ3n) is 3.40. The molecule has 0 aliphatic rings. The van der Waals surface area contributed by atoms with Crippen molar-refractivity contribution in [2.45, 2.75) is 6.92 Å². The topological polar surface area (TPSA) is 60.5 Å². The van der Waals surface area contributed by atoms with E-state index in [2.05, 4.69) is 10.3 Å². The summed E-state index contributed by atoms with van der Waals surface area (Å²) in [6, 6.07) is 14.6. The van der Waals surface area contributed by atoms with Gasteiger partial charge in [-0.1, -0.05) is 35.9 Å². The lowest BCUT2D eigenvalue weighted by atomic mass is 10.2. The van der Waals surface area contributed by atoms with E-state index < -0.39 is 0 Å². The number of para-hydroxylation sites is 2. The number of hydrogen-bond donors (Lipinski definition) is 1. The van der Waals surface area contributed by atoms with E-state index in [0.717, 1.165) is 11.3 Å². The molecule has 0 radical (unpaired) electrons. The molecule has 0 bridgehead atoms. The third kappa shape index (κ3) is 4.74. The number of nitrogens with zero attached hydrogens (tertiary/aromatic N) is 1. The van der Waals surface area contributed by atoms with Gasteiger partial charge >= 0.3 is 0 Å². The molecule has 1 N–H and O–H groups in total. The minimum absolute atomic E-state index is 0.125. The van der Waals surface area contributed by atoms with Crippen LogP contribution in [0.5, 0.6) is 11.5 Å². The number of carbonyl (C=O) groups is 1. The summed E-state index contributed by atoms with van der Waals surface area (Å²) in [5.74, 6) is 0.862. The number of amides is 1. The highest BCUT2D eigenvalue weighted by Gasteiger charge is 2.10. The fourth-order valence-corrected chi connectivity index (χ4v) is 3.09. The van der Waals surface area contributed by atoms with Crippen molar-refractivity contribution in [1.82, 2.24) is 4.98 Å². The number of nitrogens with one attached hydrogen (secondary N) is 1. The number of aromatic nitrogens is 1. The smallest absolute Gasteiger partial charge is 0.264 e. The summed E-state index contributed by atoms with van der Waals surface area (Å²) in [7, 11) is 0. The Balaban J connectivity index is 1.58. The van der Waals surface area contributed by atoms with E-state index in [1.807, 2.05) is 36.6 Å². The highest BCUT2D eigenvalue weighted by Crippen LogP contribution is 2.27. The Hall–Kier alpha value is -2.57. The Morgan fingerprint density at radius 3 is 2.50 bits per heavy atom. The third-order valence-corrected chi connectivity index (χ3v) is 4.41. The van der Waals surface area contributed by atoms with Gasteiger partial charge in [-0.25, -0.2) is 4.98 Å². The van der Waals surface area contributed by atoms with E-state index in [1.165, 1.54) is 11.3 Å². The summed E-state index contributed by atoms with van der Waals surface area (Å²) >= 11 is 7.25. The summed E-state index contributed by atoms with van der Waals surface area (Å²) in [6.45, 7) is 2.29. The van der Waals surface area contributed by atoms with E-state index in [0.29, 0.717) is 28.3 Å². The summed E-state index contributed by atoms with van der Waals surface area (Å²) in [4.78, 5) is 16.5. The number of rotatable bonds is 7. The van der Waals surface area contributed by atoms with Gasteiger partial charge in [0, 0.05) is 16.0 Å². The van der Waals surface area contributed by atoms with Crippen LogP contribution < -0.4 is 14.8 Å². The molecule has 0 unspecified atom stereocenters. The number of hydrogen-bond acceptors (Lipinski definition) is 5. The molecule has 3 aromatic rings. The van der Waals surface area contributed by atoms with E-state index >= 15 is 0 Å². The quantitative estimate of drug-likeness (QED) is 0.626. The standard InChI is InChI=1S/C19H17ClN2O3S/c1-2-24-16-5-3-4-6-17(16)25-11-18(23)22-19-21-15(12-26-19)13-7-9-14(20)10-8-13/h3-10,12H,2,11H2,1H3,(H,21,22,23). The summed E-state index contributed by atoms with van der Waals surface area (Å²) < 4.78 is 11.0. The normalized spacial score (nSPS) is 10.4. The predicted octanol–water partition coefficient (Wildman–Crippen LogP) is 4.88. The van der Waals surface area contributed by atoms with Crippen molar-refractivity contribution in [2.24, 2.45) is 0 Å². The first kappa shape index (κ1) is 18.2. The first-order chi connectivity index (χ1) is 12.7. The highest BCUT2D eigenvalue weighted by molar-refractivity contribution is 7.14. The van der Waals surface area contributed by atoms with Crippen molar-refractivity contribution in [1.29, 1.82) is 0 Å². The zero-order chi connectivity index (χ0) is 18.4. The van der Waals surface area contributed by atoms with Crippen molar-refractivity contribution in [2.75, 3.05) is 18.5 Å². The van der Waals surface area contributed by atoms with Gasteiger partial charge in [-0.05, 0) is 31.2 Å². The average molecular weight is 389 g/mol. The van der Waals surface area contributed by atoms with Crippen LogP contribution in [0.1, 0.15) is 6.92 Å². The van der Waals surface area contributed by atoms with Crippen LogP contribution in [0.4, 0.5) is 5.13 Å². The summed E-state index contributed by atoms with van der Waals surface area (Å²) in [5.41, 5.74) is 1.72. The van der Waals surface area contributed by atoms with Gasteiger partial charge < -0.3 is 9.47 Å². The molecule has 26 heavy (non-hydrogen) atoms. The number of anilines is 1. The predicted molar refractivity (Wildman–Crippen MR) is 104 cm³/mol. The second-order valence-electron chi connectivity index (χ2n) is 5.26. The largest absolute Gasteiger partial charge is 0.490 e. The summed E-state index contributed by atoms with van der Waals surface area (Å²) in [5, 5.41) is 5.80. The van der Waals surface area contributed by atoms with Crippen molar-refractivity contribution >= 4 is 34.0 Å². The maximum Gasteiger partial charge on any atom is 0.264 e. The molecule has 0 saturated heterocycles. The Labute approximate surface area is 160 Å². The Kier molecular flexibility index (Phi) is 6.09. The Morgan fingerprint density at radius 1 is 1.12 bits per heavy atom. The molecule has 0 saturated carbocycles. The lowest BCUT2D eigenvalue weighted by Crippen LogP contribution is -2.20. The van der Waals surface area contributed by atoms with E-state index in [4.69, 9.17) is 21.1 Å². The van der Waals surface area contributed by atoms with Gasteiger partial charge in [0.05, 0.1) is 12.3 Å². The van der Waals surface area contributed by atoms with Gasteiger partial charge in [0.25, 0.3) is 5.91 Å². The number of benzene rings is 2. The van der Waals surface area contributed by atoms with Gasteiger partial charge in [0.2, 0.25) is 0 Å². The molecular weight excluding hydrogens is 372 g/mol. The van der Waals surface area contributed by atoms with E-state index in [1.54, 1.807) is 24.3 Å². The van der Waals surface area contributed by atoms with Crippen LogP contribution in [-0.2, 0) is 4.79 Å². The second-order valence-corrected chi connectivity index (χ2v) is 6.56. The van der Waals surface area contributed by atoms with E-state index in [9.17, 15) is 4.79 Å². The number of thiazole rings is 1. The Morgan fingerprint density at radius 2 is 1.81 bits per heavy atom. The molecule has 0 aliphatic heterocycles. The molecule has 1 amide bonds. The molecule has 5 nitrogen and oxygen atoms in total. The molecular formula is C19H17ClN2O3S. The second kappa shape index (κ2) is 8.69. The molecule has 7 heteroatoms. The van der Waals surface area contributed by atoms with Crippen molar-refractivity contribution in [3.05, 3.63) is 58.9 Å². The summed E-state index contributed by atoms with van der Waals surface area (Å²) in [6.07, 6.45) is 0. The van der Waals surface area contributed by atoms with Crippen LogP contribution in [0.25, 0.3) is 11.3 Å². The molecule has 134 valence electrons. The molecule has 0 fully saturated rings. The fraction of sp³-hybridized carbons (Fsp3) is 0.158. The zero-order valence-corrected chi connectivity index (χ0v) is 15.6. The minimum Gasteiger partial charge on any atom is -0.490 e. The van der Waals surface area contributed by atoms with Crippen molar-refractivity contribution < 1.29 is 14.3 Å². The van der Waals surface area contributed by atoms with Gasteiger partial charge in [0.15, 0.2) is 23.2 Å². The van der Waals surface area contributed by atoms with Crippen LogP contribution in [0.15, 0.2) is 53.9 Å². The first-order valence-corrected chi connectivity index (χ1v) is 9.27. The monoisotopic (exact) mass is 388 g/mol. The van der Waals surface area contributed by atoms with Gasteiger partial charge in [-0.15, -0.1) is 11.3 Å². The SMILES string of the molecule is CCOc1ccccc1OCC(=O)Nc1nc(-c2ccc(Cl)cc2)cs1. The molecule has 1 heterocycles. The number of carbonyl (C=O) groups excluding carboxylic acids is 1. The molecule has 0 atom stereocenters. The van der Waals surface area contributed by atoms with Crippen molar-refractivity contribution in [3.8, 4) is 22.8 Å². The minimum atomic E-state index is -0.284. The lowest BCUT2D eigenvalue weighted by molar-refractivity contribution is -0.118. The fourth-order valence-electron chi connectivity index (χ4n) is 2.23. The van der Waals surface area contributed by atoms with Crippen LogP contribution in [0.3, 0.4) is 0 Å². The zero-order valence-electron chi connectivity index (χ0n) is 14.1.